The van der Waals surface area contributed by atoms with Gasteiger partial charge in [0.05, 0.1) is 29.7 Å². The average Bonchev–Trinajstić information content (AvgIpc) is 3.33. The molecule has 0 aliphatic heterocycles. The number of carbonyl (C=O) groups excluding carboxylic acids is 2. The first-order valence-electron chi connectivity index (χ1n) is 13.1. The van der Waals surface area contributed by atoms with E-state index in [2.05, 4.69) is 15.3 Å². The molecular formula is C29H26N6O4S. The number of amides is 1. The summed E-state index contributed by atoms with van der Waals surface area (Å²) in [6.45, 7) is 2.15. The number of ether oxygens (including phenoxy) is 1. The molecule has 202 valence electrons. The maximum atomic E-state index is 13.8. The van der Waals surface area contributed by atoms with E-state index < -0.39 is 11.9 Å². The van der Waals surface area contributed by atoms with E-state index >= 15 is 0 Å². The van der Waals surface area contributed by atoms with E-state index in [1.54, 1.807) is 54.3 Å². The maximum absolute atomic E-state index is 13.8. The van der Waals surface area contributed by atoms with Gasteiger partial charge in [0.1, 0.15) is 21.8 Å². The number of aromatic nitrogens is 4. The molecule has 5 aromatic rings. The van der Waals surface area contributed by atoms with Gasteiger partial charge >= 0.3 is 5.97 Å². The topological polar surface area (TPSA) is 131 Å². The van der Waals surface area contributed by atoms with Gasteiger partial charge in [-0.25, -0.2) is 9.78 Å². The maximum Gasteiger partial charge on any atom is 0.341 e. The number of aryl methyl sites for hydroxylation is 1. The van der Waals surface area contributed by atoms with Crippen molar-refractivity contribution in [1.29, 1.82) is 5.41 Å². The third-order valence-electron chi connectivity index (χ3n) is 7.00. The summed E-state index contributed by atoms with van der Waals surface area (Å²) in [6.07, 6.45) is 8.50. The van der Waals surface area contributed by atoms with Crippen LogP contribution in [0.3, 0.4) is 0 Å². The largest absolute Gasteiger partial charge is 0.462 e. The number of thiophene rings is 1. The Morgan fingerprint density at radius 2 is 2.02 bits per heavy atom. The molecule has 6 rings (SSSR count). The molecule has 0 saturated carbocycles. The lowest BCUT2D eigenvalue weighted by Gasteiger charge is -2.15. The minimum Gasteiger partial charge on any atom is -0.462 e. The second-order valence-corrected chi connectivity index (χ2v) is 10.6. The van der Waals surface area contributed by atoms with E-state index in [0.717, 1.165) is 41.7 Å². The quantitative estimate of drug-likeness (QED) is 0.241. The van der Waals surface area contributed by atoms with Gasteiger partial charge in [0.25, 0.3) is 11.5 Å². The van der Waals surface area contributed by atoms with Crippen LogP contribution in [0.25, 0.3) is 16.7 Å². The molecule has 0 fully saturated rings. The molecule has 0 spiro atoms. The second kappa shape index (κ2) is 10.5. The molecule has 0 aromatic carbocycles. The number of nitrogens with one attached hydrogen (secondary N) is 2. The zero-order chi connectivity index (χ0) is 27.8. The summed E-state index contributed by atoms with van der Waals surface area (Å²) in [5.74, 6) is -1.06. The van der Waals surface area contributed by atoms with Crippen LogP contribution in [0.2, 0.25) is 0 Å². The van der Waals surface area contributed by atoms with Crippen LogP contribution in [0.1, 0.15) is 56.5 Å². The van der Waals surface area contributed by atoms with Crippen molar-refractivity contribution in [2.24, 2.45) is 0 Å². The predicted octanol–water partition coefficient (Wildman–Crippen LogP) is 3.94. The highest BCUT2D eigenvalue weighted by molar-refractivity contribution is 7.17. The van der Waals surface area contributed by atoms with E-state index in [1.165, 1.54) is 21.8 Å². The Morgan fingerprint density at radius 3 is 2.83 bits per heavy atom. The second-order valence-electron chi connectivity index (χ2n) is 9.53. The van der Waals surface area contributed by atoms with Crippen LogP contribution < -0.4 is 16.4 Å². The molecule has 1 aliphatic rings. The zero-order valence-corrected chi connectivity index (χ0v) is 22.6. The van der Waals surface area contributed by atoms with Crippen molar-refractivity contribution in [3.63, 3.8) is 0 Å². The van der Waals surface area contributed by atoms with Crippen molar-refractivity contribution in [3.8, 4) is 0 Å². The fraction of sp³-hybridized carbons (Fsp3) is 0.241. The summed E-state index contributed by atoms with van der Waals surface area (Å²) in [4.78, 5) is 50.1. The van der Waals surface area contributed by atoms with Crippen LogP contribution in [0.4, 0.5) is 5.00 Å². The van der Waals surface area contributed by atoms with Gasteiger partial charge in [0.15, 0.2) is 0 Å². The number of hydrogen-bond acceptors (Lipinski definition) is 8. The monoisotopic (exact) mass is 554 g/mol. The SMILES string of the molecule is CCOC(=O)c1c(NC(=O)c2cc3c(=O)n4ccccc4nc3n(Cc3cccnc3)c2=N)sc2c1CCCC2. The predicted molar refractivity (Wildman–Crippen MR) is 151 cm³/mol. The third-order valence-corrected chi connectivity index (χ3v) is 8.21. The molecule has 0 atom stereocenters. The first-order valence-corrected chi connectivity index (χ1v) is 13.9. The molecular weight excluding hydrogens is 528 g/mol. The third kappa shape index (κ3) is 4.47. The average molecular weight is 555 g/mol. The van der Waals surface area contributed by atoms with Crippen LogP contribution in [-0.4, -0.2) is 37.4 Å². The molecule has 1 amide bonds. The van der Waals surface area contributed by atoms with Crippen molar-refractivity contribution < 1.29 is 14.3 Å². The van der Waals surface area contributed by atoms with Crippen molar-refractivity contribution in [2.45, 2.75) is 39.2 Å². The summed E-state index contributed by atoms with van der Waals surface area (Å²) in [5.41, 5.74) is 2.35. The molecule has 1 aliphatic carbocycles. The fourth-order valence-corrected chi connectivity index (χ4v) is 6.40. The fourth-order valence-electron chi connectivity index (χ4n) is 5.13. The number of carbonyl (C=O) groups is 2. The Morgan fingerprint density at radius 1 is 1.18 bits per heavy atom. The summed E-state index contributed by atoms with van der Waals surface area (Å²) < 4.78 is 8.27. The van der Waals surface area contributed by atoms with Crippen LogP contribution in [0, 0.1) is 5.41 Å². The van der Waals surface area contributed by atoms with E-state index in [9.17, 15) is 14.4 Å². The number of rotatable bonds is 6. The Balaban J connectivity index is 1.51. The Bertz CT molecular complexity index is 1910. The normalized spacial score (nSPS) is 12.8. The van der Waals surface area contributed by atoms with Crippen LogP contribution in [-0.2, 0) is 24.1 Å². The molecule has 11 heteroatoms. The van der Waals surface area contributed by atoms with Crippen LogP contribution in [0.5, 0.6) is 0 Å². The minimum atomic E-state index is -0.589. The van der Waals surface area contributed by atoms with Crippen molar-refractivity contribution >= 4 is 44.9 Å². The van der Waals surface area contributed by atoms with E-state index in [4.69, 9.17) is 10.1 Å². The lowest BCUT2D eigenvalue weighted by Crippen LogP contribution is -2.32. The van der Waals surface area contributed by atoms with E-state index in [0.29, 0.717) is 21.9 Å². The zero-order valence-electron chi connectivity index (χ0n) is 21.8. The number of nitrogens with zero attached hydrogens (tertiary/aromatic N) is 4. The molecule has 0 unspecified atom stereocenters. The van der Waals surface area contributed by atoms with Crippen molar-refractivity contribution in [1.82, 2.24) is 18.9 Å². The number of hydrogen-bond donors (Lipinski definition) is 2. The van der Waals surface area contributed by atoms with Crippen molar-refractivity contribution in [2.75, 3.05) is 11.9 Å². The summed E-state index contributed by atoms with van der Waals surface area (Å²) in [7, 11) is 0. The van der Waals surface area contributed by atoms with Crippen LogP contribution in [0.15, 0.2) is 59.8 Å². The Kier molecular flexibility index (Phi) is 6.72. The molecule has 0 radical (unpaired) electrons. The van der Waals surface area contributed by atoms with Gasteiger partial charge in [-0.2, -0.15) is 0 Å². The van der Waals surface area contributed by atoms with Gasteiger partial charge < -0.3 is 14.6 Å². The van der Waals surface area contributed by atoms with Gasteiger partial charge in [-0.15, -0.1) is 11.3 Å². The summed E-state index contributed by atoms with van der Waals surface area (Å²) in [6, 6.07) is 10.3. The van der Waals surface area contributed by atoms with E-state index in [-0.39, 0.29) is 35.1 Å². The summed E-state index contributed by atoms with van der Waals surface area (Å²) in [5, 5.41) is 12.5. The highest BCUT2D eigenvalue weighted by Crippen LogP contribution is 2.38. The van der Waals surface area contributed by atoms with Gasteiger partial charge in [0.2, 0.25) is 0 Å². The molecule has 40 heavy (non-hydrogen) atoms. The Hall–Kier alpha value is -4.64. The molecule has 5 aromatic heterocycles. The number of esters is 1. The molecule has 0 saturated heterocycles. The first-order chi connectivity index (χ1) is 19.5. The van der Waals surface area contributed by atoms with Crippen LogP contribution >= 0.6 is 11.3 Å². The van der Waals surface area contributed by atoms with Crippen molar-refractivity contribution in [3.05, 3.63) is 98.0 Å². The standard InChI is InChI=1S/C29H26N6O4S/c1-2-39-29(38)23-18-9-3-4-10-21(18)40-27(23)33-26(36)19-14-20-25(32-22-11-5-6-13-34(22)28(20)37)35(24(19)30)16-17-8-7-12-31-15-17/h5-8,11-15,30H,2-4,9-10,16H2,1H3,(H,33,36). The lowest BCUT2D eigenvalue weighted by molar-refractivity contribution is 0.0526. The molecule has 0 bridgehead atoms. The number of anilines is 1. The van der Waals surface area contributed by atoms with E-state index in [1.807, 2.05) is 6.07 Å². The van der Waals surface area contributed by atoms with Gasteiger partial charge in [-0.05, 0) is 68.0 Å². The molecule has 2 N–H and O–H groups in total. The summed E-state index contributed by atoms with van der Waals surface area (Å²) >= 11 is 1.37. The van der Waals surface area contributed by atoms with Gasteiger partial charge in [-0.1, -0.05) is 12.1 Å². The lowest BCUT2D eigenvalue weighted by atomic mass is 9.95. The highest BCUT2D eigenvalue weighted by atomic mass is 32.1. The molecule has 10 nitrogen and oxygen atoms in total. The minimum absolute atomic E-state index is 0.00708. The number of fused-ring (bicyclic) bond motifs is 3. The smallest absolute Gasteiger partial charge is 0.341 e. The first kappa shape index (κ1) is 25.6. The Labute approximate surface area is 232 Å². The van der Waals surface area contributed by atoms with Gasteiger partial charge in [0, 0.05) is 23.5 Å². The molecule has 5 heterocycles. The number of pyridine rings is 3. The highest BCUT2D eigenvalue weighted by Gasteiger charge is 2.28. The van der Waals surface area contributed by atoms with Gasteiger partial charge in [-0.3, -0.25) is 24.4 Å².